The summed E-state index contributed by atoms with van der Waals surface area (Å²) >= 11 is 0. The summed E-state index contributed by atoms with van der Waals surface area (Å²) in [6.45, 7) is 9.34. The second kappa shape index (κ2) is 19.4. The first-order chi connectivity index (χ1) is 39.2. The smallest absolute Gasteiger partial charge is 0.164 e. The number of benzene rings is 10. The van der Waals surface area contributed by atoms with Gasteiger partial charge in [-0.15, -0.1) is 0 Å². The molecule has 0 amide bonds. The molecule has 0 saturated heterocycles. The van der Waals surface area contributed by atoms with Crippen LogP contribution in [0.2, 0.25) is 0 Å². The fourth-order valence-corrected chi connectivity index (χ4v) is 11.8. The Morgan fingerprint density at radius 2 is 0.450 bits per heavy atom. The standard InChI is InChI=1S/C72H54N8/c1-71(2)57-33-17-21-37-61(57)79(62-38-22-18-34-58(62)71)55-44-52(45-56(46-55)80-63-39-23-19-35-59(63)72(3,4)60-36-20-24-40-64(60)80)51-41-53(69-75-65(47-25-9-5-10-26-47)73-66(76-69)48-27-11-6-12-28-48)43-54(42-51)70-77-67(49-29-13-7-14-30-49)74-68(78-70)50-31-15-8-16-32-50/h5-46H,1-4H3. The molecule has 12 aromatic rings. The summed E-state index contributed by atoms with van der Waals surface area (Å²) in [6, 6.07) is 89.5. The van der Waals surface area contributed by atoms with Crippen molar-refractivity contribution in [2.75, 3.05) is 9.80 Å². The van der Waals surface area contributed by atoms with E-state index in [0.29, 0.717) is 34.9 Å². The molecule has 80 heavy (non-hydrogen) atoms. The predicted molar refractivity (Wildman–Crippen MR) is 325 cm³/mol. The molecule has 0 fully saturated rings. The van der Waals surface area contributed by atoms with E-state index in [1.807, 2.05) is 121 Å². The SMILES string of the molecule is CC1(C)c2ccccc2N(c2cc(-c3cc(-c4nc(-c5ccccc5)nc(-c5ccccc5)n4)cc(-c4nc(-c5ccccc5)nc(-c5ccccc5)n4)c3)cc(N3c4ccccc4C(C)(C)c4ccccc43)c2)c2ccccc21. The number of fused-ring (bicyclic) bond motifs is 4. The molecule has 10 aromatic carbocycles. The Bertz CT molecular complexity index is 3830. The van der Waals surface area contributed by atoms with Crippen LogP contribution in [0, 0.1) is 0 Å². The summed E-state index contributed by atoms with van der Waals surface area (Å²) in [5.74, 6) is 3.30. The monoisotopic (exact) mass is 1030 g/mol. The molecule has 14 rings (SSSR count). The van der Waals surface area contributed by atoms with E-state index < -0.39 is 0 Å². The predicted octanol–water partition coefficient (Wildman–Crippen LogP) is 17.9. The lowest BCUT2D eigenvalue weighted by molar-refractivity contribution is 0.631. The van der Waals surface area contributed by atoms with Gasteiger partial charge in [-0.05, 0) is 94.0 Å². The van der Waals surface area contributed by atoms with Crippen LogP contribution >= 0.6 is 0 Å². The highest BCUT2D eigenvalue weighted by Crippen LogP contribution is 2.56. The Morgan fingerprint density at radius 3 is 0.738 bits per heavy atom. The highest BCUT2D eigenvalue weighted by atomic mass is 15.2. The fourth-order valence-electron chi connectivity index (χ4n) is 11.8. The van der Waals surface area contributed by atoms with Gasteiger partial charge in [0, 0.05) is 55.6 Å². The van der Waals surface area contributed by atoms with Crippen molar-refractivity contribution in [1.82, 2.24) is 29.9 Å². The van der Waals surface area contributed by atoms with Crippen molar-refractivity contribution in [3.63, 3.8) is 0 Å². The first-order valence-corrected chi connectivity index (χ1v) is 27.2. The van der Waals surface area contributed by atoms with Crippen LogP contribution in [0.4, 0.5) is 34.1 Å². The van der Waals surface area contributed by atoms with E-state index >= 15 is 0 Å². The van der Waals surface area contributed by atoms with Crippen LogP contribution in [-0.4, -0.2) is 29.9 Å². The van der Waals surface area contributed by atoms with Crippen LogP contribution in [0.15, 0.2) is 255 Å². The Balaban J connectivity index is 1.07. The van der Waals surface area contributed by atoms with E-state index in [0.717, 1.165) is 78.6 Å². The van der Waals surface area contributed by atoms with Gasteiger partial charge in [0.1, 0.15) is 0 Å². The molecule has 4 heterocycles. The average Bonchev–Trinajstić information content (AvgIpc) is 3.69. The second-order valence-corrected chi connectivity index (χ2v) is 21.6. The van der Waals surface area contributed by atoms with Crippen molar-refractivity contribution < 1.29 is 0 Å². The lowest BCUT2D eigenvalue weighted by Crippen LogP contribution is -2.31. The molecule has 0 saturated carbocycles. The maximum Gasteiger partial charge on any atom is 0.164 e. The largest absolute Gasteiger partial charge is 0.310 e. The van der Waals surface area contributed by atoms with E-state index in [1.54, 1.807) is 0 Å². The molecule has 0 bridgehead atoms. The number of anilines is 6. The van der Waals surface area contributed by atoms with Crippen LogP contribution < -0.4 is 9.80 Å². The summed E-state index contributed by atoms with van der Waals surface area (Å²) in [7, 11) is 0. The van der Waals surface area contributed by atoms with E-state index in [9.17, 15) is 0 Å². The molecule has 0 radical (unpaired) electrons. The summed E-state index contributed by atoms with van der Waals surface area (Å²) in [6.07, 6.45) is 0. The van der Waals surface area contributed by atoms with Gasteiger partial charge in [0.15, 0.2) is 34.9 Å². The van der Waals surface area contributed by atoms with Gasteiger partial charge in [0.05, 0.1) is 22.7 Å². The first-order valence-electron chi connectivity index (χ1n) is 27.2. The number of nitrogens with zero attached hydrogens (tertiary/aromatic N) is 8. The van der Waals surface area contributed by atoms with Crippen molar-refractivity contribution in [2.45, 2.75) is 38.5 Å². The Morgan fingerprint density at radius 1 is 0.225 bits per heavy atom. The van der Waals surface area contributed by atoms with Crippen molar-refractivity contribution in [3.05, 3.63) is 277 Å². The van der Waals surface area contributed by atoms with Gasteiger partial charge in [0.2, 0.25) is 0 Å². The molecule has 0 atom stereocenters. The second-order valence-electron chi connectivity index (χ2n) is 21.6. The Kier molecular flexibility index (Phi) is 11.7. The van der Waals surface area contributed by atoms with E-state index in [-0.39, 0.29) is 10.8 Å². The molecule has 8 heteroatoms. The van der Waals surface area contributed by atoms with Crippen molar-refractivity contribution in [2.24, 2.45) is 0 Å². The topological polar surface area (TPSA) is 83.8 Å². The lowest BCUT2D eigenvalue weighted by atomic mass is 9.73. The van der Waals surface area contributed by atoms with E-state index in [2.05, 4.69) is 171 Å². The average molecular weight is 1030 g/mol. The van der Waals surface area contributed by atoms with E-state index in [4.69, 9.17) is 29.9 Å². The minimum Gasteiger partial charge on any atom is -0.310 e. The number of rotatable bonds is 9. The zero-order chi connectivity index (χ0) is 54.0. The van der Waals surface area contributed by atoms with Crippen LogP contribution in [0.25, 0.3) is 79.5 Å². The highest BCUT2D eigenvalue weighted by molar-refractivity contribution is 5.94. The maximum atomic E-state index is 5.32. The zero-order valence-electron chi connectivity index (χ0n) is 44.8. The molecule has 0 aliphatic carbocycles. The minimum atomic E-state index is -0.257. The molecule has 0 spiro atoms. The Labute approximate surface area is 466 Å². The third kappa shape index (κ3) is 8.40. The summed E-state index contributed by atoms with van der Waals surface area (Å²) < 4.78 is 0. The van der Waals surface area contributed by atoms with E-state index in [1.165, 1.54) is 22.3 Å². The van der Waals surface area contributed by atoms with Gasteiger partial charge in [-0.25, -0.2) is 29.9 Å². The first kappa shape index (κ1) is 48.2. The van der Waals surface area contributed by atoms with Crippen molar-refractivity contribution in [3.8, 4) is 79.5 Å². The van der Waals surface area contributed by atoms with Crippen molar-refractivity contribution >= 4 is 34.1 Å². The fraction of sp³-hybridized carbons (Fsp3) is 0.0833. The van der Waals surface area contributed by atoms with Crippen LogP contribution in [0.5, 0.6) is 0 Å². The van der Waals surface area contributed by atoms with Crippen LogP contribution in [-0.2, 0) is 10.8 Å². The third-order valence-corrected chi connectivity index (χ3v) is 15.9. The van der Waals surface area contributed by atoms with Gasteiger partial charge >= 0.3 is 0 Å². The normalized spacial score (nSPS) is 13.7. The lowest BCUT2D eigenvalue weighted by Gasteiger charge is -2.43. The molecule has 8 nitrogen and oxygen atoms in total. The zero-order valence-corrected chi connectivity index (χ0v) is 44.8. The molecular formula is C72H54N8. The van der Waals surface area contributed by atoms with Crippen LogP contribution in [0.1, 0.15) is 49.9 Å². The third-order valence-electron chi connectivity index (χ3n) is 15.9. The van der Waals surface area contributed by atoms with Gasteiger partial charge in [-0.3, -0.25) is 0 Å². The number of hydrogen-bond acceptors (Lipinski definition) is 8. The summed E-state index contributed by atoms with van der Waals surface area (Å²) in [4.78, 5) is 36.4. The minimum absolute atomic E-state index is 0.257. The van der Waals surface area contributed by atoms with Crippen molar-refractivity contribution in [1.29, 1.82) is 0 Å². The molecule has 382 valence electrons. The number of para-hydroxylation sites is 4. The number of hydrogen-bond donors (Lipinski definition) is 0. The number of aromatic nitrogens is 6. The molecule has 2 aliphatic rings. The summed E-state index contributed by atoms with van der Waals surface area (Å²) in [5, 5.41) is 0. The highest BCUT2D eigenvalue weighted by Gasteiger charge is 2.39. The Hall–Kier alpha value is -10.2. The maximum absolute atomic E-state index is 5.32. The van der Waals surface area contributed by atoms with Gasteiger partial charge < -0.3 is 9.80 Å². The van der Waals surface area contributed by atoms with Gasteiger partial charge in [-0.2, -0.15) is 0 Å². The molecule has 0 N–H and O–H groups in total. The van der Waals surface area contributed by atoms with Gasteiger partial charge in [0.25, 0.3) is 0 Å². The molecule has 0 unspecified atom stereocenters. The summed E-state index contributed by atoms with van der Waals surface area (Å²) in [5.41, 5.74) is 18.0. The molecule has 2 aliphatic heterocycles. The van der Waals surface area contributed by atoms with Gasteiger partial charge in [-0.1, -0.05) is 222 Å². The molecular weight excluding hydrogens is 977 g/mol. The molecule has 2 aromatic heterocycles. The van der Waals surface area contributed by atoms with Crippen LogP contribution in [0.3, 0.4) is 0 Å². The quantitative estimate of drug-likeness (QED) is 0.141.